The Morgan fingerprint density at radius 2 is 2.16 bits per heavy atom. The number of sulfone groups is 1. The molecule has 0 aromatic carbocycles. The van der Waals surface area contributed by atoms with Crippen LogP contribution in [-0.4, -0.2) is 46.3 Å². The number of esters is 1. The van der Waals surface area contributed by atoms with Crippen molar-refractivity contribution < 1.29 is 17.9 Å². The summed E-state index contributed by atoms with van der Waals surface area (Å²) in [6, 6.07) is 3.06. The number of methoxy groups -OCH3 is 1. The van der Waals surface area contributed by atoms with E-state index in [1.54, 1.807) is 24.9 Å². The van der Waals surface area contributed by atoms with E-state index in [0.717, 1.165) is 6.26 Å². The van der Waals surface area contributed by atoms with Crippen LogP contribution in [0.4, 0.5) is 5.82 Å². The molecular weight excluding hydrogens is 268 g/mol. The van der Waals surface area contributed by atoms with Crippen molar-refractivity contribution in [3.8, 4) is 0 Å². The molecule has 0 saturated carbocycles. The Kier molecular flexibility index (Phi) is 4.88. The van der Waals surface area contributed by atoms with Crippen LogP contribution in [0.25, 0.3) is 0 Å². The lowest BCUT2D eigenvalue weighted by Gasteiger charge is -2.22. The second kappa shape index (κ2) is 6.01. The molecule has 1 rings (SSSR count). The lowest BCUT2D eigenvalue weighted by atomic mass is 10.2. The summed E-state index contributed by atoms with van der Waals surface area (Å²) >= 11 is 0. The maximum atomic E-state index is 11.7. The summed E-state index contributed by atoms with van der Waals surface area (Å²) in [6.45, 7) is 2.04. The molecule has 1 aromatic heterocycles. The van der Waals surface area contributed by atoms with Crippen molar-refractivity contribution in [1.82, 2.24) is 4.98 Å². The van der Waals surface area contributed by atoms with Crippen molar-refractivity contribution in [2.75, 3.05) is 31.9 Å². The van der Waals surface area contributed by atoms with Gasteiger partial charge < -0.3 is 9.64 Å². The van der Waals surface area contributed by atoms with Gasteiger partial charge in [-0.1, -0.05) is 6.92 Å². The number of pyridine rings is 1. The zero-order valence-electron chi connectivity index (χ0n) is 11.5. The molecule has 1 unspecified atom stereocenters. The fourth-order valence-corrected chi connectivity index (χ4v) is 2.60. The molecule has 1 aromatic rings. The Balaban J connectivity index is 3.01. The summed E-state index contributed by atoms with van der Waals surface area (Å²) in [4.78, 5) is 17.2. The first kappa shape index (κ1) is 15.4. The van der Waals surface area contributed by atoms with Crippen molar-refractivity contribution in [3.63, 3.8) is 0 Å². The van der Waals surface area contributed by atoms with Crippen molar-refractivity contribution in [1.29, 1.82) is 0 Å². The fraction of sp³-hybridized carbons (Fsp3) is 0.500. The van der Waals surface area contributed by atoms with Gasteiger partial charge in [0, 0.05) is 26.0 Å². The molecule has 0 amide bonds. The highest BCUT2D eigenvalue weighted by molar-refractivity contribution is 7.90. The van der Waals surface area contributed by atoms with Gasteiger partial charge in [-0.05, 0) is 12.1 Å². The molecule has 0 fully saturated rings. The highest BCUT2D eigenvalue weighted by atomic mass is 32.2. The predicted octanol–water partition coefficient (Wildman–Crippen LogP) is 0.730. The maximum absolute atomic E-state index is 11.7. The molecule has 6 nitrogen and oxygen atoms in total. The molecule has 0 bridgehead atoms. The van der Waals surface area contributed by atoms with E-state index in [1.807, 2.05) is 0 Å². The van der Waals surface area contributed by atoms with Gasteiger partial charge in [-0.2, -0.15) is 0 Å². The Labute approximate surface area is 113 Å². The molecule has 106 valence electrons. The smallest absolute Gasteiger partial charge is 0.310 e. The van der Waals surface area contributed by atoms with Crippen LogP contribution in [-0.2, 0) is 19.4 Å². The molecule has 1 heterocycles. The van der Waals surface area contributed by atoms with Crippen LogP contribution in [0.1, 0.15) is 6.92 Å². The average Bonchev–Trinajstić information content (AvgIpc) is 2.36. The second-order valence-electron chi connectivity index (χ2n) is 4.40. The van der Waals surface area contributed by atoms with Gasteiger partial charge >= 0.3 is 5.97 Å². The van der Waals surface area contributed by atoms with Gasteiger partial charge in [0.1, 0.15) is 10.7 Å². The maximum Gasteiger partial charge on any atom is 0.310 e. The number of rotatable bonds is 5. The summed E-state index contributed by atoms with van der Waals surface area (Å²) in [7, 11) is -0.349. The van der Waals surface area contributed by atoms with Gasteiger partial charge in [-0.3, -0.25) is 4.79 Å². The van der Waals surface area contributed by atoms with E-state index in [9.17, 15) is 13.2 Å². The van der Waals surface area contributed by atoms with Crippen LogP contribution in [0.5, 0.6) is 0 Å². The fourth-order valence-electron chi connectivity index (χ4n) is 1.73. The molecule has 0 N–H and O–H groups in total. The minimum Gasteiger partial charge on any atom is -0.469 e. The standard InChI is InChI=1S/C12H18N2O4S/c1-9(12(15)18-3)8-14(2)11-10(19(4,16)17)6-5-7-13-11/h5-7,9H,8H2,1-4H3. The second-order valence-corrected chi connectivity index (χ2v) is 6.39. The van der Waals surface area contributed by atoms with Gasteiger partial charge in [-0.15, -0.1) is 0 Å². The van der Waals surface area contributed by atoms with Crippen LogP contribution in [0.3, 0.4) is 0 Å². The zero-order valence-corrected chi connectivity index (χ0v) is 12.3. The third kappa shape index (κ3) is 3.92. The topological polar surface area (TPSA) is 76.6 Å². The minimum atomic E-state index is -3.36. The van der Waals surface area contributed by atoms with Crippen LogP contribution in [0.15, 0.2) is 23.2 Å². The number of carbonyl (C=O) groups excluding carboxylic acids is 1. The summed E-state index contributed by atoms with van der Waals surface area (Å²) < 4.78 is 28.0. The lowest BCUT2D eigenvalue weighted by Crippen LogP contribution is -2.30. The Bertz CT molecular complexity index is 557. The van der Waals surface area contributed by atoms with E-state index in [0.29, 0.717) is 12.4 Å². The minimum absolute atomic E-state index is 0.148. The van der Waals surface area contributed by atoms with Crippen LogP contribution in [0, 0.1) is 5.92 Å². The van der Waals surface area contributed by atoms with Gasteiger partial charge in [0.15, 0.2) is 9.84 Å². The summed E-state index contributed by atoms with van der Waals surface area (Å²) in [5, 5.41) is 0. The number of hydrogen-bond acceptors (Lipinski definition) is 6. The van der Waals surface area contributed by atoms with Crippen molar-refractivity contribution >= 4 is 21.6 Å². The quantitative estimate of drug-likeness (QED) is 0.743. The number of anilines is 1. The first-order valence-electron chi connectivity index (χ1n) is 5.71. The Hall–Kier alpha value is -1.63. The molecule has 0 aliphatic rings. The number of carbonyl (C=O) groups is 1. The number of aromatic nitrogens is 1. The first-order valence-corrected chi connectivity index (χ1v) is 7.60. The zero-order chi connectivity index (χ0) is 14.6. The molecule has 0 aliphatic carbocycles. The Morgan fingerprint density at radius 3 is 2.68 bits per heavy atom. The molecule has 7 heteroatoms. The third-order valence-electron chi connectivity index (χ3n) is 2.66. The van der Waals surface area contributed by atoms with Crippen molar-refractivity contribution in [2.24, 2.45) is 5.92 Å². The van der Waals surface area contributed by atoms with Crippen LogP contribution in [0.2, 0.25) is 0 Å². The van der Waals surface area contributed by atoms with Crippen molar-refractivity contribution in [2.45, 2.75) is 11.8 Å². The molecule has 0 saturated heterocycles. The lowest BCUT2D eigenvalue weighted by molar-refractivity contribution is -0.144. The largest absolute Gasteiger partial charge is 0.469 e. The predicted molar refractivity (Wildman–Crippen MR) is 71.8 cm³/mol. The van der Waals surface area contributed by atoms with Crippen LogP contribution >= 0.6 is 0 Å². The van der Waals surface area contributed by atoms with Gasteiger partial charge in [0.25, 0.3) is 0 Å². The van der Waals surface area contributed by atoms with Crippen LogP contribution < -0.4 is 4.90 Å². The molecule has 0 aliphatic heterocycles. The summed E-state index contributed by atoms with van der Waals surface area (Å²) in [5.41, 5.74) is 0. The molecule has 0 spiro atoms. The highest BCUT2D eigenvalue weighted by Crippen LogP contribution is 2.21. The van der Waals surface area contributed by atoms with Crippen molar-refractivity contribution in [3.05, 3.63) is 18.3 Å². The first-order chi connectivity index (χ1) is 8.77. The summed E-state index contributed by atoms with van der Waals surface area (Å²) in [6.07, 6.45) is 2.65. The van der Waals surface area contributed by atoms with E-state index in [1.165, 1.54) is 19.4 Å². The molecular formula is C12H18N2O4S. The third-order valence-corrected chi connectivity index (χ3v) is 3.78. The monoisotopic (exact) mass is 286 g/mol. The van der Waals surface area contributed by atoms with E-state index in [-0.39, 0.29) is 16.8 Å². The van der Waals surface area contributed by atoms with E-state index < -0.39 is 9.84 Å². The number of hydrogen-bond donors (Lipinski definition) is 0. The SMILES string of the molecule is COC(=O)C(C)CN(C)c1ncccc1S(C)(=O)=O. The average molecular weight is 286 g/mol. The van der Waals surface area contributed by atoms with Gasteiger partial charge in [0.05, 0.1) is 13.0 Å². The number of nitrogens with zero attached hydrogens (tertiary/aromatic N) is 2. The Morgan fingerprint density at radius 1 is 1.53 bits per heavy atom. The van der Waals surface area contributed by atoms with E-state index in [4.69, 9.17) is 0 Å². The summed E-state index contributed by atoms with van der Waals surface area (Å²) in [5.74, 6) is -0.381. The number of ether oxygens (including phenoxy) is 1. The molecule has 1 atom stereocenters. The van der Waals surface area contributed by atoms with Gasteiger partial charge in [0.2, 0.25) is 0 Å². The van der Waals surface area contributed by atoms with E-state index in [2.05, 4.69) is 9.72 Å². The normalized spacial score (nSPS) is 12.8. The van der Waals surface area contributed by atoms with E-state index >= 15 is 0 Å². The molecule has 0 radical (unpaired) electrons. The molecule has 19 heavy (non-hydrogen) atoms. The van der Waals surface area contributed by atoms with Gasteiger partial charge in [-0.25, -0.2) is 13.4 Å². The highest BCUT2D eigenvalue weighted by Gasteiger charge is 2.21.